The van der Waals surface area contributed by atoms with Crippen LogP contribution in [0, 0.1) is 11.7 Å². The van der Waals surface area contributed by atoms with Crippen LogP contribution >= 0.6 is 0 Å². The van der Waals surface area contributed by atoms with Gasteiger partial charge in [-0.3, -0.25) is 9.59 Å². The van der Waals surface area contributed by atoms with E-state index in [1.54, 1.807) is 36.3 Å². The highest BCUT2D eigenvalue weighted by atomic mass is 19.1. The third kappa shape index (κ3) is 5.94. The Hall–Kier alpha value is -3.09. The van der Waals surface area contributed by atoms with Gasteiger partial charge in [0.25, 0.3) is 11.8 Å². The number of rotatable bonds is 7. The summed E-state index contributed by atoms with van der Waals surface area (Å²) in [4.78, 5) is 26.4. The highest BCUT2D eigenvalue weighted by Crippen LogP contribution is 2.19. The summed E-state index contributed by atoms with van der Waals surface area (Å²) >= 11 is 0. The Morgan fingerprint density at radius 2 is 1.79 bits per heavy atom. The van der Waals surface area contributed by atoms with Crippen LogP contribution in [0.2, 0.25) is 0 Å². The van der Waals surface area contributed by atoms with Gasteiger partial charge < -0.3 is 19.7 Å². The molecule has 0 spiro atoms. The van der Waals surface area contributed by atoms with E-state index < -0.39 is 0 Å². The molecule has 1 atom stereocenters. The number of likely N-dealkylation sites (tertiary alicyclic amines) is 1. The topological polar surface area (TPSA) is 67.9 Å². The van der Waals surface area contributed by atoms with Crippen LogP contribution in [0.3, 0.4) is 0 Å². The molecule has 7 heteroatoms. The minimum absolute atomic E-state index is 0.0268. The second kappa shape index (κ2) is 9.91. The number of ether oxygens (including phenoxy) is 2. The standard InChI is InChI=1S/C22H25FN2O4/c1-28-19-8-10-20(11-9-19)29-15-21(26)25-12-2-3-16(14-25)13-24-22(27)17-4-6-18(23)7-5-17/h4-11,16H,2-3,12-15H2,1H3,(H,24,27)/t16-/m0/s1. The van der Waals surface area contributed by atoms with Crippen molar-refractivity contribution in [2.75, 3.05) is 33.4 Å². The number of carbonyl (C=O) groups excluding carboxylic acids is 2. The molecule has 3 rings (SSSR count). The van der Waals surface area contributed by atoms with Gasteiger partial charge in [-0.15, -0.1) is 0 Å². The Bertz CT molecular complexity index is 824. The van der Waals surface area contributed by atoms with Gasteiger partial charge in [-0.25, -0.2) is 4.39 Å². The van der Waals surface area contributed by atoms with Crippen molar-refractivity contribution in [3.63, 3.8) is 0 Å². The summed E-state index contributed by atoms with van der Waals surface area (Å²) in [6, 6.07) is 12.5. The molecule has 2 amide bonds. The number of halogens is 1. The van der Waals surface area contributed by atoms with Crippen LogP contribution in [0.5, 0.6) is 11.5 Å². The first-order valence-corrected chi connectivity index (χ1v) is 9.63. The average molecular weight is 400 g/mol. The minimum Gasteiger partial charge on any atom is -0.497 e. The molecule has 0 saturated carbocycles. The molecule has 0 radical (unpaired) electrons. The second-order valence-corrected chi connectivity index (χ2v) is 7.03. The quantitative estimate of drug-likeness (QED) is 0.776. The van der Waals surface area contributed by atoms with Gasteiger partial charge in [0, 0.05) is 25.2 Å². The van der Waals surface area contributed by atoms with Crippen LogP contribution in [0.15, 0.2) is 48.5 Å². The third-order valence-electron chi connectivity index (χ3n) is 4.95. The minimum atomic E-state index is -0.375. The Balaban J connectivity index is 1.44. The molecule has 2 aromatic rings. The molecule has 1 heterocycles. The van der Waals surface area contributed by atoms with Crippen molar-refractivity contribution in [3.8, 4) is 11.5 Å². The zero-order valence-corrected chi connectivity index (χ0v) is 16.4. The molecule has 1 saturated heterocycles. The van der Waals surface area contributed by atoms with Gasteiger partial charge in [0.05, 0.1) is 7.11 Å². The van der Waals surface area contributed by atoms with Crippen LogP contribution < -0.4 is 14.8 Å². The number of benzene rings is 2. The Labute approximate surface area is 169 Å². The largest absolute Gasteiger partial charge is 0.497 e. The monoisotopic (exact) mass is 400 g/mol. The lowest BCUT2D eigenvalue weighted by Crippen LogP contribution is -2.45. The van der Waals surface area contributed by atoms with E-state index in [1.807, 2.05) is 0 Å². The fourth-order valence-corrected chi connectivity index (χ4v) is 3.31. The Kier molecular flexibility index (Phi) is 7.05. The van der Waals surface area contributed by atoms with Crippen LogP contribution in [0.1, 0.15) is 23.2 Å². The molecule has 1 aliphatic rings. The maximum Gasteiger partial charge on any atom is 0.260 e. The van der Waals surface area contributed by atoms with Gasteiger partial charge in [0.2, 0.25) is 0 Å². The van der Waals surface area contributed by atoms with Crippen molar-refractivity contribution in [3.05, 3.63) is 59.9 Å². The van der Waals surface area contributed by atoms with E-state index in [2.05, 4.69) is 5.32 Å². The van der Waals surface area contributed by atoms with Crippen molar-refractivity contribution in [2.24, 2.45) is 5.92 Å². The van der Waals surface area contributed by atoms with E-state index in [4.69, 9.17) is 9.47 Å². The summed E-state index contributed by atoms with van der Waals surface area (Å²) in [5, 5.41) is 2.87. The Morgan fingerprint density at radius 1 is 1.10 bits per heavy atom. The van der Waals surface area contributed by atoms with Crippen molar-refractivity contribution < 1.29 is 23.5 Å². The highest BCUT2D eigenvalue weighted by molar-refractivity contribution is 5.94. The van der Waals surface area contributed by atoms with E-state index in [0.29, 0.717) is 30.9 Å². The average Bonchev–Trinajstić information content (AvgIpc) is 2.77. The van der Waals surface area contributed by atoms with E-state index >= 15 is 0 Å². The summed E-state index contributed by atoms with van der Waals surface area (Å²) < 4.78 is 23.6. The molecule has 1 fully saturated rings. The summed E-state index contributed by atoms with van der Waals surface area (Å²) in [6.45, 7) is 1.71. The van der Waals surface area contributed by atoms with Crippen LogP contribution in [-0.4, -0.2) is 50.1 Å². The van der Waals surface area contributed by atoms with Crippen molar-refractivity contribution in [1.29, 1.82) is 0 Å². The van der Waals surface area contributed by atoms with Gasteiger partial charge in [0.15, 0.2) is 6.61 Å². The smallest absolute Gasteiger partial charge is 0.260 e. The number of carbonyl (C=O) groups is 2. The maximum absolute atomic E-state index is 13.0. The molecule has 1 N–H and O–H groups in total. The zero-order chi connectivity index (χ0) is 20.6. The first-order valence-electron chi connectivity index (χ1n) is 9.63. The van der Waals surface area contributed by atoms with Crippen molar-refractivity contribution >= 4 is 11.8 Å². The fraction of sp³-hybridized carbons (Fsp3) is 0.364. The van der Waals surface area contributed by atoms with E-state index in [1.165, 1.54) is 24.3 Å². The summed E-state index contributed by atoms with van der Waals surface area (Å²) in [7, 11) is 1.59. The number of methoxy groups -OCH3 is 1. The summed E-state index contributed by atoms with van der Waals surface area (Å²) in [5.41, 5.74) is 0.419. The van der Waals surface area contributed by atoms with Gasteiger partial charge in [-0.2, -0.15) is 0 Å². The zero-order valence-electron chi connectivity index (χ0n) is 16.4. The molecule has 29 heavy (non-hydrogen) atoms. The second-order valence-electron chi connectivity index (χ2n) is 7.03. The van der Waals surface area contributed by atoms with Crippen LogP contribution in [0.4, 0.5) is 4.39 Å². The molecule has 0 bridgehead atoms. The molecule has 0 unspecified atom stereocenters. The lowest BCUT2D eigenvalue weighted by atomic mass is 9.98. The number of hydrogen-bond acceptors (Lipinski definition) is 4. The molecule has 6 nitrogen and oxygen atoms in total. The van der Waals surface area contributed by atoms with Crippen molar-refractivity contribution in [1.82, 2.24) is 10.2 Å². The van der Waals surface area contributed by atoms with E-state index in [0.717, 1.165) is 18.6 Å². The molecule has 154 valence electrons. The van der Waals surface area contributed by atoms with E-state index in [9.17, 15) is 14.0 Å². The summed E-state index contributed by atoms with van der Waals surface area (Å²) in [5.74, 6) is 0.828. The molecule has 0 aliphatic carbocycles. The first-order chi connectivity index (χ1) is 14.0. The first kappa shape index (κ1) is 20.6. The normalized spacial score (nSPS) is 16.2. The Morgan fingerprint density at radius 3 is 2.48 bits per heavy atom. The summed E-state index contributed by atoms with van der Waals surface area (Å²) in [6.07, 6.45) is 1.82. The van der Waals surface area contributed by atoms with Crippen molar-refractivity contribution in [2.45, 2.75) is 12.8 Å². The van der Waals surface area contributed by atoms with E-state index in [-0.39, 0.29) is 30.2 Å². The van der Waals surface area contributed by atoms with Crippen LogP contribution in [-0.2, 0) is 4.79 Å². The number of nitrogens with zero attached hydrogens (tertiary/aromatic N) is 1. The number of nitrogens with one attached hydrogen (secondary N) is 1. The highest BCUT2D eigenvalue weighted by Gasteiger charge is 2.24. The third-order valence-corrected chi connectivity index (χ3v) is 4.95. The fourth-order valence-electron chi connectivity index (χ4n) is 3.31. The number of hydrogen-bond donors (Lipinski definition) is 1. The lowest BCUT2D eigenvalue weighted by Gasteiger charge is -2.32. The lowest BCUT2D eigenvalue weighted by molar-refractivity contribution is -0.135. The predicted molar refractivity (Wildman–Crippen MR) is 107 cm³/mol. The van der Waals surface area contributed by atoms with Gasteiger partial charge in [-0.05, 0) is 67.3 Å². The molecule has 2 aromatic carbocycles. The molecule has 0 aromatic heterocycles. The molecular formula is C22H25FN2O4. The van der Waals surface area contributed by atoms with Gasteiger partial charge in [-0.1, -0.05) is 0 Å². The maximum atomic E-state index is 13.0. The number of piperidine rings is 1. The molecule has 1 aliphatic heterocycles. The van der Waals surface area contributed by atoms with Gasteiger partial charge in [0.1, 0.15) is 17.3 Å². The molecular weight excluding hydrogens is 375 g/mol. The predicted octanol–water partition coefficient (Wildman–Crippen LogP) is 2.88. The van der Waals surface area contributed by atoms with Crippen LogP contribution in [0.25, 0.3) is 0 Å². The number of amides is 2. The SMILES string of the molecule is COc1ccc(OCC(=O)N2CCC[C@@H](CNC(=O)c3ccc(F)cc3)C2)cc1. The van der Waals surface area contributed by atoms with Gasteiger partial charge >= 0.3 is 0 Å².